The minimum Gasteiger partial charge on any atom is -0.372 e. The van der Waals surface area contributed by atoms with Crippen molar-refractivity contribution in [2.75, 3.05) is 6.61 Å². The van der Waals surface area contributed by atoms with Gasteiger partial charge in [0.2, 0.25) is 0 Å². The molecule has 0 aromatic carbocycles. The normalized spacial score (nSPS) is 25.0. The van der Waals surface area contributed by atoms with Gasteiger partial charge >= 0.3 is 6.61 Å². The maximum absolute atomic E-state index is 12.4. The van der Waals surface area contributed by atoms with E-state index in [1.54, 1.807) is 6.20 Å². The van der Waals surface area contributed by atoms with Crippen molar-refractivity contribution >= 4 is 5.91 Å². The van der Waals surface area contributed by atoms with Gasteiger partial charge in [-0.1, -0.05) is 12.8 Å². The Balaban J connectivity index is 1.65. The summed E-state index contributed by atoms with van der Waals surface area (Å²) >= 11 is 0. The molecule has 1 saturated carbocycles. The Labute approximate surface area is 126 Å². The van der Waals surface area contributed by atoms with Crippen molar-refractivity contribution in [2.24, 2.45) is 0 Å². The summed E-state index contributed by atoms with van der Waals surface area (Å²) in [5.41, 5.74) is 0.293. The number of nitrogens with one attached hydrogen (secondary N) is 1. The number of amides is 1. The zero-order valence-electron chi connectivity index (χ0n) is 12.1. The molecular formula is C14H19F2N3O3. The summed E-state index contributed by atoms with van der Waals surface area (Å²) < 4.78 is 36.7. The minimum atomic E-state index is -2.82. The van der Waals surface area contributed by atoms with E-state index >= 15 is 0 Å². The summed E-state index contributed by atoms with van der Waals surface area (Å²) in [4.78, 5) is 16.5. The van der Waals surface area contributed by atoms with Crippen LogP contribution in [0.4, 0.5) is 8.78 Å². The molecule has 1 amide bonds. The third kappa shape index (κ3) is 3.44. The first-order valence-electron chi connectivity index (χ1n) is 7.52. The lowest BCUT2D eigenvalue weighted by Gasteiger charge is -2.31. The quantitative estimate of drug-likeness (QED) is 0.918. The maximum atomic E-state index is 12.4. The van der Waals surface area contributed by atoms with E-state index in [1.165, 1.54) is 0 Å². The number of hydrogen-bond acceptors (Lipinski definition) is 4. The highest BCUT2D eigenvalue weighted by atomic mass is 19.3. The smallest absolute Gasteiger partial charge is 0.345 e. The number of carbonyl (C=O) groups excluding carboxylic acids is 1. The van der Waals surface area contributed by atoms with Crippen molar-refractivity contribution in [1.29, 1.82) is 0 Å². The third-order valence-electron chi connectivity index (χ3n) is 4.10. The molecule has 2 heterocycles. The van der Waals surface area contributed by atoms with Gasteiger partial charge < -0.3 is 19.4 Å². The Bertz CT molecular complexity index is 512. The van der Waals surface area contributed by atoms with Gasteiger partial charge in [-0.2, -0.15) is 8.78 Å². The van der Waals surface area contributed by atoms with Crippen LogP contribution in [-0.4, -0.2) is 40.8 Å². The van der Waals surface area contributed by atoms with Gasteiger partial charge in [0.05, 0.1) is 18.8 Å². The molecule has 1 aromatic rings. The van der Waals surface area contributed by atoms with Crippen molar-refractivity contribution in [3.63, 3.8) is 0 Å². The zero-order chi connectivity index (χ0) is 15.5. The van der Waals surface area contributed by atoms with Gasteiger partial charge in [0.15, 0.2) is 0 Å². The van der Waals surface area contributed by atoms with Gasteiger partial charge in [-0.15, -0.1) is 0 Å². The predicted octanol–water partition coefficient (Wildman–Crippen LogP) is 1.69. The number of alkyl halides is 2. The van der Waals surface area contributed by atoms with Crippen molar-refractivity contribution in [2.45, 2.75) is 57.6 Å². The Kier molecular flexibility index (Phi) is 4.68. The maximum Gasteiger partial charge on any atom is 0.345 e. The van der Waals surface area contributed by atoms with E-state index in [-0.39, 0.29) is 5.91 Å². The summed E-state index contributed by atoms with van der Waals surface area (Å²) in [7, 11) is 0. The summed E-state index contributed by atoms with van der Waals surface area (Å²) in [6.07, 6.45) is 3.93. The molecule has 122 valence electrons. The van der Waals surface area contributed by atoms with E-state index in [4.69, 9.17) is 4.74 Å². The molecule has 0 saturated heterocycles. The molecule has 1 aromatic heterocycles. The topological polar surface area (TPSA) is 65.4 Å². The average molecular weight is 315 g/mol. The highest BCUT2D eigenvalue weighted by Crippen LogP contribution is 2.23. The molecule has 8 heteroatoms. The van der Waals surface area contributed by atoms with E-state index in [2.05, 4.69) is 15.0 Å². The van der Waals surface area contributed by atoms with Crippen LogP contribution in [0.2, 0.25) is 0 Å². The summed E-state index contributed by atoms with van der Waals surface area (Å²) in [5, 5.41) is 2.79. The van der Waals surface area contributed by atoms with Crippen molar-refractivity contribution in [3.05, 3.63) is 17.7 Å². The van der Waals surface area contributed by atoms with Gasteiger partial charge in [0.1, 0.15) is 18.1 Å². The highest BCUT2D eigenvalue weighted by Gasteiger charge is 2.30. The van der Waals surface area contributed by atoms with Crippen LogP contribution in [0, 0.1) is 0 Å². The minimum absolute atomic E-state index is 0.293. The second kappa shape index (κ2) is 6.70. The monoisotopic (exact) mass is 315 g/mol. The number of carbonyl (C=O) groups is 1. The lowest BCUT2D eigenvalue weighted by Crippen LogP contribution is -2.47. The summed E-state index contributed by atoms with van der Waals surface area (Å²) in [5.74, 6) is 0.358. The molecule has 1 aliphatic heterocycles. The largest absolute Gasteiger partial charge is 0.372 e. The molecule has 0 bridgehead atoms. The number of rotatable bonds is 4. The standard InChI is InChI=1S/C14H19F2N3O3/c15-14(16)22-11-4-2-1-3-9(11)18-13(20)10-7-19-5-6-21-8-12(19)17-10/h7,9,11,14H,1-6,8H2,(H,18,20)/t9-,11-/m1/s1. The number of halogens is 2. The van der Waals surface area contributed by atoms with E-state index < -0.39 is 18.8 Å². The number of hydrogen-bond donors (Lipinski definition) is 1. The first-order chi connectivity index (χ1) is 10.6. The Morgan fingerprint density at radius 1 is 1.45 bits per heavy atom. The molecule has 1 aliphatic carbocycles. The van der Waals surface area contributed by atoms with E-state index in [1.807, 2.05) is 4.57 Å². The molecule has 2 atom stereocenters. The predicted molar refractivity (Wildman–Crippen MR) is 72.5 cm³/mol. The average Bonchev–Trinajstić information content (AvgIpc) is 2.93. The van der Waals surface area contributed by atoms with Crippen molar-refractivity contribution in [1.82, 2.24) is 14.9 Å². The second-order valence-electron chi connectivity index (χ2n) is 5.59. The van der Waals surface area contributed by atoms with Crippen molar-refractivity contribution in [3.8, 4) is 0 Å². The molecule has 0 spiro atoms. The van der Waals surface area contributed by atoms with Crippen LogP contribution in [0.3, 0.4) is 0 Å². The third-order valence-corrected chi connectivity index (χ3v) is 4.10. The molecule has 2 aliphatic rings. The molecular weight excluding hydrogens is 296 g/mol. The number of nitrogens with zero attached hydrogens (tertiary/aromatic N) is 2. The van der Waals surface area contributed by atoms with Crippen LogP contribution < -0.4 is 5.32 Å². The van der Waals surface area contributed by atoms with Crippen LogP contribution >= 0.6 is 0 Å². The van der Waals surface area contributed by atoms with Crippen LogP contribution in [0.15, 0.2) is 6.20 Å². The fourth-order valence-electron chi connectivity index (χ4n) is 3.00. The second-order valence-corrected chi connectivity index (χ2v) is 5.59. The number of fused-ring (bicyclic) bond motifs is 1. The fourth-order valence-corrected chi connectivity index (χ4v) is 3.00. The Hall–Kier alpha value is -1.54. The van der Waals surface area contributed by atoms with Crippen LogP contribution in [0.1, 0.15) is 42.0 Å². The lowest BCUT2D eigenvalue weighted by atomic mass is 9.92. The van der Waals surface area contributed by atoms with Crippen LogP contribution in [-0.2, 0) is 22.6 Å². The lowest BCUT2D eigenvalue weighted by molar-refractivity contribution is -0.175. The SMILES string of the molecule is O=C(N[C@@H]1CCCC[C@H]1OC(F)F)c1cn2c(n1)COCC2. The first-order valence-corrected chi connectivity index (χ1v) is 7.52. The first kappa shape index (κ1) is 15.4. The van der Waals surface area contributed by atoms with Gasteiger partial charge in [-0.3, -0.25) is 4.79 Å². The van der Waals surface area contributed by atoms with Gasteiger partial charge in [-0.05, 0) is 12.8 Å². The van der Waals surface area contributed by atoms with E-state index in [0.29, 0.717) is 44.1 Å². The Morgan fingerprint density at radius 3 is 3.05 bits per heavy atom. The molecule has 0 radical (unpaired) electrons. The highest BCUT2D eigenvalue weighted by molar-refractivity contribution is 5.92. The van der Waals surface area contributed by atoms with Crippen molar-refractivity contribution < 1.29 is 23.0 Å². The molecule has 3 rings (SSSR count). The molecule has 0 unspecified atom stereocenters. The van der Waals surface area contributed by atoms with Gasteiger partial charge in [0, 0.05) is 12.7 Å². The number of imidazole rings is 1. The van der Waals surface area contributed by atoms with E-state index in [0.717, 1.165) is 12.8 Å². The van der Waals surface area contributed by atoms with E-state index in [9.17, 15) is 13.6 Å². The summed E-state index contributed by atoms with van der Waals surface area (Å²) in [6.45, 7) is -1.18. The fraction of sp³-hybridized carbons (Fsp3) is 0.714. The molecule has 22 heavy (non-hydrogen) atoms. The van der Waals surface area contributed by atoms with Gasteiger partial charge in [-0.25, -0.2) is 4.98 Å². The zero-order valence-corrected chi connectivity index (χ0v) is 12.1. The molecule has 1 N–H and O–H groups in total. The van der Waals surface area contributed by atoms with Crippen LogP contribution in [0.5, 0.6) is 0 Å². The van der Waals surface area contributed by atoms with Crippen LogP contribution in [0.25, 0.3) is 0 Å². The Morgan fingerprint density at radius 2 is 2.27 bits per heavy atom. The number of aromatic nitrogens is 2. The van der Waals surface area contributed by atoms with Gasteiger partial charge in [0.25, 0.3) is 5.91 Å². The molecule has 6 nitrogen and oxygen atoms in total. The number of ether oxygens (including phenoxy) is 2. The molecule has 1 fully saturated rings. The summed E-state index contributed by atoms with van der Waals surface area (Å²) in [6, 6.07) is -0.398.